The molecule has 10 heteroatoms. The second-order valence-corrected chi connectivity index (χ2v) is 10.6. The maximum Gasteiger partial charge on any atom is 0.260 e. The quantitative estimate of drug-likeness (QED) is 0.269. The predicted octanol–water partition coefficient (Wildman–Crippen LogP) is 6.15. The van der Waals surface area contributed by atoms with Crippen molar-refractivity contribution in [1.29, 1.82) is 0 Å². The summed E-state index contributed by atoms with van der Waals surface area (Å²) in [5.74, 6) is -2.82. The number of allylic oxidation sites excluding steroid dienone is 4. The minimum absolute atomic E-state index is 0.0144. The van der Waals surface area contributed by atoms with Crippen molar-refractivity contribution in [1.82, 2.24) is 14.5 Å². The van der Waals surface area contributed by atoms with Gasteiger partial charge in [-0.1, -0.05) is 31.4 Å². The molecule has 1 unspecified atom stereocenters. The lowest BCUT2D eigenvalue weighted by molar-refractivity contribution is -0.132. The van der Waals surface area contributed by atoms with Crippen LogP contribution in [0.4, 0.5) is 13.2 Å². The lowest BCUT2D eigenvalue weighted by atomic mass is 9.93. The molecule has 41 heavy (non-hydrogen) atoms. The fourth-order valence-electron chi connectivity index (χ4n) is 4.87. The highest BCUT2D eigenvalue weighted by molar-refractivity contribution is 7.99. The van der Waals surface area contributed by atoms with Gasteiger partial charge in [0.15, 0.2) is 11.6 Å². The molecule has 214 valence electrons. The monoisotopic (exact) mass is 581 g/mol. The molecule has 2 aromatic heterocycles. The number of aromatic nitrogens is 2. The number of rotatable bonds is 10. The number of hydrogen-bond acceptors (Lipinski definition) is 5. The van der Waals surface area contributed by atoms with Crippen LogP contribution >= 0.6 is 11.8 Å². The first kappa shape index (κ1) is 29.9. The van der Waals surface area contributed by atoms with Gasteiger partial charge in [-0.15, -0.1) is 11.8 Å². The van der Waals surface area contributed by atoms with E-state index in [9.17, 15) is 18.4 Å². The van der Waals surface area contributed by atoms with Crippen LogP contribution < -0.4 is 10.3 Å². The number of thioether (sulfide) groups is 1. The van der Waals surface area contributed by atoms with E-state index >= 15 is 4.39 Å². The molecule has 1 atom stereocenters. The number of carbonyl (C=O) groups is 1. The molecule has 1 aromatic carbocycles. The van der Waals surface area contributed by atoms with E-state index in [1.54, 1.807) is 32.3 Å². The first-order valence-corrected chi connectivity index (χ1v) is 13.8. The Hall–Kier alpha value is -4.05. The van der Waals surface area contributed by atoms with E-state index in [1.807, 2.05) is 12.1 Å². The number of nitrogens with zero attached hydrogens (tertiary/aromatic N) is 3. The molecule has 0 radical (unpaired) electrons. The summed E-state index contributed by atoms with van der Waals surface area (Å²) >= 11 is 1.24. The molecule has 1 aliphatic rings. The second-order valence-electron chi connectivity index (χ2n) is 9.55. The maximum absolute atomic E-state index is 15.5. The van der Waals surface area contributed by atoms with Crippen LogP contribution in [0, 0.1) is 12.7 Å². The molecule has 6 nitrogen and oxygen atoms in total. The fraction of sp³-hybridized carbons (Fsp3) is 0.258. The van der Waals surface area contributed by atoms with Gasteiger partial charge in [0.1, 0.15) is 17.7 Å². The molecule has 0 bridgehead atoms. The van der Waals surface area contributed by atoms with Crippen molar-refractivity contribution < 1.29 is 22.7 Å². The summed E-state index contributed by atoms with van der Waals surface area (Å²) in [5, 5.41) is 0.395. The lowest BCUT2D eigenvalue weighted by Crippen LogP contribution is -2.39. The minimum Gasteiger partial charge on any atom is -0.494 e. The molecule has 3 aromatic rings. The number of amides is 1. The van der Waals surface area contributed by atoms with Crippen LogP contribution in [0.25, 0.3) is 11.1 Å². The highest BCUT2D eigenvalue weighted by atomic mass is 32.2. The molecule has 1 amide bonds. The third kappa shape index (κ3) is 5.88. The summed E-state index contributed by atoms with van der Waals surface area (Å²) < 4.78 is 51.0. The van der Waals surface area contributed by atoms with Crippen LogP contribution in [-0.4, -0.2) is 46.8 Å². The van der Waals surface area contributed by atoms with Crippen molar-refractivity contribution in [2.45, 2.75) is 30.8 Å². The number of halogens is 3. The molecule has 0 N–H and O–H groups in total. The fourth-order valence-corrected chi connectivity index (χ4v) is 6.23. The van der Waals surface area contributed by atoms with Crippen molar-refractivity contribution in [3.8, 4) is 16.9 Å². The lowest BCUT2D eigenvalue weighted by Gasteiger charge is -2.24. The zero-order valence-corrected chi connectivity index (χ0v) is 23.9. The Morgan fingerprint density at radius 2 is 2.02 bits per heavy atom. The molecule has 0 aliphatic carbocycles. The van der Waals surface area contributed by atoms with Crippen LogP contribution in [-0.2, 0) is 17.6 Å². The molecule has 0 fully saturated rings. The van der Waals surface area contributed by atoms with Crippen LogP contribution in [0.15, 0.2) is 88.9 Å². The van der Waals surface area contributed by atoms with E-state index < -0.39 is 29.1 Å². The van der Waals surface area contributed by atoms with Gasteiger partial charge in [-0.3, -0.25) is 19.1 Å². The Balaban J connectivity index is 1.87. The van der Waals surface area contributed by atoms with E-state index in [4.69, 9.17) is 4.74 Å². The largest absolute Gasteiger partial charge is 0.494 e. The van der Waals surface area contributed by atoms with Crippen LogP contribution in [0.2, 0.25) is 0 Å². The third-order valence-corrected chi connectivity index (χ3v) is 8.32. The van der Waals surface area contributed by atoms with Gasteiger partial charge in [0, 0.05) is 55.2 Å². The van der Waals surface area contributed by atoms with E-state index in [1.165, 1.54) is 40.5 Å². The number of hydrogen-bond donors (Lipinski definition) is 0. The number of pyridine rings is 2. The SMILES string of the molecule is C=C/C(F)=C(/Cc1c(C)c(-c2cccc(OC)c2F)c(=O)n2c1SCC2C(=O)N(C)CCc1ccccn1)C(=C)F. The molecule has 4 rings (SSSR count). The average molecular weight is 582 g/mol. The minimum atomic E-state index is -0.995. The molecule has 0 saturated carbocycles. The van der Waals surface area contributed by atoms with Crippen LogP contribution in [0.1, 0.15) is 22.9 Å². The van der Waals surface area contributed by atoms with E-state index in [-0.39, 0.29) is 40.5 Å². The van der Waals surface area contributed by atoms with Crippen molar-refractivity contribution in [2.75, 3.05) is 26.5 Å². The summed E-state index contributed by atoms with van der Waals surface area (Å²) in [7, 11) is 2.95. The molecular weight excluding hydrogens is 551 g/mol. The molecule has 0 spiro atoms. The van der Waals surface area contributed by atoms with Gasteiger partial charge >= 0.3 is 0 Å². The topological polar surface area (TPSA) is 64.4 Å². The number of benzene rings is 1. The first-order chi connectivity index (χ1) is 19.6. The van der Waals surface area contributed by atoms with Crippen molar-refractivity contribution in [3.63, 3.8) is 0 Å². The first-order valence-electron chi connectivity index (χ1n) is 12.8. The number of fused-ring (bicyclic) bond motifs is 1. The van der Waals surface area contributed by atoms with E-state index in [0.29, 0.717) is 29.1 Å². The van der Waals surface area contributed by atoms with Gasteiger partial charge in [-0.2, -0.15) is 0 Å². The van der Waals surface area contributed by atoms with Gasteiger partial charge in [-0.05, 0) is 42.3 Å². The third-order valence-electron chi connectivity index (χ3n) is 7.12. The summed E-state index contributed by atoms with van der Waals surface area (Å²) in [6.07, 6.45) is 2.78. The summed E-state index contributed by atoms with van der Waals surface area (Å²) in [6.45, 7) is 8.61. The van der Waals surface area contributed by atoms with Gasteiger partial charge in [-0.25, -0.2) is 13.2 Å². The maximum atomic E-state index is 15.5. The average Bonchev–Trinajstić information content (AvgIpc) is 3.41. The highest BCUT2D eigenvalue weighted by Gasteiger charge is 2.36. The Bertz CT molecular complexity index is 1600. The van der Waals surface area contributed by atoms with Gasteiger partial charge in [0.2, 0.25) is 5.91 Å². The van der Waals surface area contributed by atoms with E-state index in [2.05, 4.69) is 18.1 Å². The Morgan fingerprint density at radius 3 is 2.66 bits per heavy atom. The number of ether oxygens (including phenoxy) is 1. The zero-order valence-electron chi connectivity index (χ0n) is 23.0. The number of methoxy groups -OCH3 is 1. The van der Waals surface area contributed by atoms with Gasteiger partial charge in [0.05, 0.1) is 17.7 Å². The van der Waals surface area contributed by atoms with Crippen LogP contribution in [0.5, 0.6) is 5.75 Å². The predicted molar refractivity (Wildman–Crippen MR) is 155 cm³/mol. The normalized spacial score (nSPS) is 14.7. The van der Waals surface area contributed by atoms with Gasteiger partial charge in [0.25, 0.3) is 5.56 Å². The standard InChI is InChI=1S/C31H30F3N3O3S/c1-6-24(33)23(19(3)32)16-22-18(2)27(21-11-9-12-26(40-5)28(21)34)30(39)37-25(17-41-31(22)37)29(38)36(4)15-13-20-10-7-8-14-35-20/h6-12,14,25H,1,3,13,15-17H2,2,4-5H3/b24-23+. The molecule has 1 aliphatic heterocycles. The molecular formula is C31H30F3N3O3S. The summed E-state index contributed by atoms with van der Waals surface area (Å²) in [6, 6.07) is 9.02. The Kier molecular flexibility index (Phi) is 9.22. The number of carbonyl (C=O) groups excluding carboxylic acids is 1. The zero-order chi connectivity index (χ0) is 29.8. The Labute approximate surface area is 240 Å². The van der Waals surface area contributed by atoms with Gasteiger partial charge < -0.3 is 9.64 Å². The van der Waals surface area contributed by atoms with Crippen molar-refractivity contribution in [3.05, 3.63) is 112 Å². The van der Waals surface area contributed by atoms with Crippen molar-refractivity contribution in [2.24, 2.45) is 0 Å². The summed E-state index contributed by atoms with van der Waals surface area (Å²) in [4.78, 5) is 33.6. The highest BCUT2D eigenvalue weighted by Crippen LogP contribution is 2.41. The summed E-state index contributed by atoms with van der Waals surface area (Å²) in [5.41, 5.74) is 0.572. The van der Waals surface area contributed by atoms with Crippen LogP contribution in [0.3, 0.4) is 0 Å². The van der Waals surface area contributed by atoms with E-state index in [0.717, 1.165) is 11.8 Å². The second kappa shape index (κ2) is 12.6. The van der Waals surface area contributed by atoms with Crippen molar-refractivity contribution >= 4 is 17.7 Å². The smallest absolute Gasteiger partial charge is 0.260 e. The number of likely N-dealkylation sites (N-methyl/N-ethyl adjacent to an activating group) is 1. The molecule has 3 heterocycles. The Morgan fingerprint density at radius 1 is 1.27 bits per heavy atom. The molecule has 0 saturated heterocycles.